The van der Waals surface area contributed by atoms with Crippen LogP contribution in [0.15, 0.2) is 12.5 Å². The molecular weight excluding hydrogens is 156 g/mol. The van der Waals surface area contributed by atoms with Crippen LogP contribution in [0.4, 0.5) is 0 Å². The predicted octanol–water partition coefficient (Wildman–Crippen LogP) is 1.63. The summed E-state index contributed by atoms with van der Waals surface area (Å²) < 4.78 is 2.04. The first-order valence-electron chi connectivity index (χ1n) is 3.65. The van der Waals surface area contributed by atoms with Crippen molar-refractivity contribution in [1.29, 1.82) is 0 Å². The minimum absolute atomic E-state index is 0.119. The molecule has 11 heavy (non-hydrogen) atoms. The average molecular weight is 170 g/mol. The summed E-state index contributed by atoms with van der Waals surface area (Å²) in [7, 11) is 2.01. The van der Waals surface area contributed by atoms with Gasteiger partial charge in [-0.25, -0.2) is 4.98 Å². The van der Waals surface area contributed by atoms with Gasteiger partial charge < -0.3 is 4.57 Å². The molecule has 1 rings (SSSR count). The third-order valence-electron chi connectivity index (χ3n) is 1.91. The molecule has 0 saturated carbocycles. The first kappa shape index (κ1) is 8.65. The van der Waals surface area contributed by atoms with Gasteiger partial charge in [-0.2, -0.15) is 12.6 Å². The van der Waals surface area contributed by atoms with Crippen LogP contribution in [0, 0.1) is 0 Å². The average Bonchev–Trinajstić information content (AvgIpc) is 2.36. The van der Waals surface area contributed by atoms with E-state index in [9.17, 15) is 0 Å². The first-order chi connectivity index (χ1) is 5.08. The SMILES string of the molecule is Cn1cncc1C(C)(C)CS. The van der Waals surface area contributed by atoms with Crippen LogP contribution >= 0.6 is 12.6 Å². The smallest absolute Gasteiger partial charge is 0.0945 e. The van der Waals surface area contributed by atoms with Crippen LogP contribution in [0.5, 0.6) is 0 Å². The van der Waals surface area contributed by atoms with E-state index in [0.29, 0.717) is 0 Å². The fourth-order valence-corrected chi connectivity index (χ4v) is 1.25. The summed E-state index contributed by atoms with van der Waals surface area (Å²) in [5, 5.41) is 0. The number of thiol groups is 1. The Morgan fingerprint density at radius 1 is 1.64 bits per heavy atom. The van der Waals surface area contributed by atoms with E-state index in [4.69, 9.17) is 0 Å². The van der Waals surface area contributed by atoms with Gasteiger partial charge in [-0.05, 0) is 0 Å². The number of hydrogen-bond donors (Lipinski definition) is 1. The molecule has 0 aromatic carbocycles. The highest BCUT2D eigenvalue weighted by Crippen LogP contribution is 2.22. The maximum atomic E-state index is 4.29. The van der Waals surface area contributed by atoms with Gasteiger partial charge >= 0.3 is 0 Å². The van der Waals surface area contributed by atoms with E-state index in [0.717, 1.165) is 5.75 Å². The Morgan fingerprint density at radius 3 is 2.64 bits per heavy atom. The van der Waals surface area contributed by atoms with Gasteiger partial charge in [0.05, 0.1) is 6.33 Å². The lowest BCUT2D eigenvalue weighted by molar-refractivity contribution is 0.554. The predicted molar refractivity (Wildman–Crippen MR) is 50.1 cm³/mol. The zero-order valence-corrected chi connectivity index (χ0v) is 8.10. The van der Waals surface area contributed by atoms with Gasteiger partial charge in [0.15, 0.2) is 0 Å². The van der Waals surface area contributed by atoms with Crippen molar-refractivity contribution in [3.05, 3.63) is 18.2 Å². The van der Waals surface area contributed by atoms with E-state index in [1.807, 2.05) is 24.1 Å². The van der Waals surface area contributed by atoms with E-state index in [2.05, 4.69) is 31.5 Å². The van der Waals surface area contributed by atoms with Crippen LogP contribution in [0.3, 0.4) is 0 Å². The first-order valence-corrected chi connectivity index (χ1v) is 4.29. The Kier molecular flexibility index (Phi) is 2.28. The third kappa shape index (κ3) is 1.59. The highest BCUT2D eigenvalue weighted by atomic mass is 32.1. The zero-order chi connectivity index (χ0) is 8.48. The summed E-state index contributed by atoms with van der Waals surface area (Å²) >= 11 is 4.29. The second kappa shape index (κ2) is 2.89. The molecule has 1 aromatic heterocycles. The van der Waals surface area contributed by atoms with Crippen molar-refractivity contribution in [3.63, 3.8) is 0 Å². The van der Waals surface area contributed by atoms with Gasteiger partial charge in [0.1, 0.15) is 0 Å². The van der Waals surface area contributed by atoms with E-state index in [-0.39, 0.29) is 5.41 Å². The Labute approximate surface area is 73.0 Å². The van der Waals surface area contributed by atoms with Gasteiger partial charge in [0.2, 0.25) is 0 Å². The number of imidazole rings is 1. The van der Waals surface area contributed by atoms with Crippen molar-refractivity contribution in [2.24, 2.45) is 7.05 Å². The quantitative estimate of drug-likeness (QED) is 0.668. The van der Waals surface area contributed by atoms with Crippen molar-refractivity contribution >= 4 is 12.6 Å². The van der Waals surface area contributed by atoms with Crippen LogP contribution in [0.25, 0.3) is 0 Å². The molecule has 0 aliphatic carbocycles. The van der Waals surface area contributed by atoms with Gasteiger partial charge in [-0.3, -0.25) is 0 Å². The summed E-state index contributed by atoms with van der Waals surface area (Å²) in [4.78, 5) is 4.06. The molecule has 0 atom stereocenters. The van der Waals surface area contributed by atoms with Crippen molar-refractivity contribution in [2.75, 3.05) is 5.75 Å². The number of hydrogen-bond acceptors (Lipinski definition) is 2. The lowest BCUT2D eigenvalue weighted by Gasteiger charge is -2.21. The maximum absolute atomic E-state index is 4.29. The lowest BCUT2D eigenvalue weighted by Crippen LogP contribution is -2.22. The van der Waals surface area contributed by atoms with E-state index in [1.54, 1.807) is 0 Å². The Bertz CT molecular complexity index is 240. The standard InChI is InChI=1S/C8H14N2S/c1-8(2,5-11)7-4-9-6-10(7)3/h4,6,11H,5H2,1-3H3. The summed E-state index contributed by atoms with van der Waals surface area (Å²) in [5.41, 5.74) is 1.35. The van der Waals surface area contributed by atoms with Crippen molar-refractivity contribution in [3.8, 4) is 0 Å². The van der Waals surface area contributed by atoms with Crippen LogP contribution in [-0.2, 0) is 12.5 Å². The number of aryl methyl sites for hydroxylation is 1. The molecule has 0 saturated heterocycles. The molecule has 62 valence electrons. The second-order valence-electron chi connectivity index (χ2n) is 3.43. The Balaban J connectivity index is 3.00. The lowest BCUT2D eigenvalue weighted by atomic mass is 9.92. The van der Waals surface area contributed by atoms with Crippen molar-refractivity contribution in [2.45, 2.75) is 19.3 Å². The molecule has 3 heteroatoms. The largest absolute Gasteiger partial charge is 0.337 e. The fraction of sp³-hybridized carbons (Fsp3) is 0.625. The molecule has 2 nitrogen and oxygen atoms in total. The minimum Gasteiger partial charge on any atom is -0.337 e. The van der Waals surface area contributed by atoms with Gasteiger partial charge in [0, 0.05) is 30.1 Å². The van der Waals surface area contributed by atoms with Crippen LogP contribution in [0.1, 0.15) is 19.5 Å². The molecule has 0 bridgehead atoms. The maximum Gasteiger partial charge on any atom is 0.0945 e. The molecule has 0 spiro atoms. The molecular formula is C8H14N2S. The van der Waals surface area contributed by atoms with Gasteiger partial charge in [0.25, 0.3) is 0 Å². The van der Waals surface area contributed by atoms with Gasteiger partial charge in [-0.15, -0.1) is 0 Å². The van der Waals surface area contributed by atoms with Crippen LogP contribution < -0.4 is 0 Å². The summed E-state index contributed by atoms with van der Waals surface area (Å²) in [6.45, 7) is 4.33. The third-order valence-corrected chi connectivity index (χ3v) is 2.70. The molecule has 0 unspecified atom stereocenters. The minimum atomic E-state index is 0.119. The zero-order valence-electron chi connectivity index (χ0n) is 7.20. The highest BCUT2D eigenvalue weighted by Gasteiger charge is 2.21. The van der Waals surface area contributed by atoms with Gasteiger partial charge in [-0.1, -0.05) is 13.8 Å². The second-order valence-corrected chi connectivity index (χ2v) is 3.75. The normalized spacial score (nSPS) is 12.0. The Morgan fingerprint density at radius 2 is 2.27 bits per heavy atom. The number of nitrogens with zero attached hydrogens (tertiary/aromatic N) is 2. The molecule has 0 fully saturated rings. The molecule has 0 aliphatic rings. The summed E-state index contributed by atoms with van der Waals surface area (Å²) in [5.74, 6) is 0.840. The summed E-state index contributed by atoms with van der Waals surface area (Å²) in [6.07, 6.45) is 3.72. The van der Waals surface area contributed by atoms with Crippen molar-refractivity contribution < 1.29 is 0 Å². The molecule has 0 N–H and O–H groups in total. The number of rotatable bonds is 2. The monoisotopic (exact) mass is 170 g/mol. The van der Waals surface area contributed by atoms with E-state index in [1.165, 1.54) is 5.69 Å². The molecule has 0 aliphatic heterocycles. The molecule has 0 radical (unpaired) electrons. The van der Waals surface area contributed by atoms with E-state index < -0.39 is 0 Å². The number of aromatic nitrogens is 2. The molecule has 1 aromatic rings. The van der Waals surface area contributed by atoms with Crippen LogP contribution in [-0.4, -0.2) is 15.3 Å². The van der Waals surface area contributed by atoms with E-state index >= 15 is 0 Å². The Hall–Kier alpha value is -0.440. The highest BCUT2D eigenvalue weighted by molar-refractivity contribution is 7.80. The topological polar surface area (TPSA) is 17.8 Å². The summed E-state index contributed by atoms with van der Waals surface area (Å²) in [6, 6.07) is 0. The van der Waals surface area contributed by atoms with Crippen molar-refractivity contribution in [1.82, 2.24) is 9.55 Å². The van der Waals surface area contributed by atoms with Crippen LogP contribution in [0.2, 0.25) is 0 Å². The fourth-order valence-electron chi connectivity index (χ4n) is 1.09. The molecule has 0 amide bonds. The molecule has 1 heterocycles.